The first-order valence-electron chi connectivity index (χ1n) is 6.28. The maximum absolute atomic E-state index is 11.7. The van der Waals surface area contributed by atoms with Crippen molar-refractivity contribution in [1.82, 2.24) is 5.32 Å². The highest BCUT2D eigenvalue weighted by molar-refractivity contribution is 5.78. The molecule has 1 aliphatic heterocycles. The fourth-order valence-corrected chi connectivity index (χ4v) is 2.30. The zero-order valence-corrected chi connectivity index (χ0v) is 9.85. The zero-order valence-electron chi connectivity index (χ0n) is 9.85. The number of nitrogens with one attached hydrogen (secondary N) is 1. The average molecular weight is 241 g/mol. The Morgan fingerprint density at radius 2 is 2.12 bits per heavy atom. The molecular formula is C12H19NO4. The van der Waals surface area contributed by atoms with Crippen molar-refractivity contribution >= 4 is 11.9 Å². The molecule has 17 heavy (non-hydrogen) atoms. The van der Waals surface area contributed by atoms with Gasteiger partial charge in [-0.1, -0.05) is 0 Å². The lowest BCUT2D eigenvalue weighted by Crippen LogP contribution is -2.39. The van der Waals surface area contributed by atoms with Crippen LogP contribution >= 0.6 is 0 Å². The SMILES string of the molecule is O=C(O)CC(NC(=O)CC1CCCO1)C1CC1. The predicted molar refractivity (Wildman–Crippen MR) is 60.5 cm³/mol. The van der Waals surface area contributed by atoms with Crippen LogP contribution in [0.4, 0.5) is 0 Å². The molecule has 0 aromatic rings. The summed E-state index contributed by atoms with van der Waals surface area (Å²) >= 11 is 0. The Kier molecular flexibility index (Phi) is 3.99. The smallest absolute Gasteiger partial charge is 0.305 e. The normalized spacial score (nSPS) is 25.5. The van der Waals surface area contributed by atoms with Gasteiger partial charge in [0.25, 0.3) is 0 Å². The lowest BCUT2D eigenvalue weighted by atomic mass is 10.1. The van der Waals surface area contributed by atoms with Gasteiger partial charge in [0.1, 0.15) is 0 Å². The minimum atomic E-state index is -0.848. The van der Waals surface area contributed by atoms with E-state index >= 15 is 0 Å². The van der Waals surface area contributed by atoms with Crippen LogP contribution in [-0.2, 0) is 14.3 Å². The number of carbonyl (C=O) groups is 2. The van der Waals surface area contributed by atoms with E-state index in [1.807, 2.05) is 0 Å². The Hall–Kier alpha value is -1.10. The van der Waals surface area contributed by atoms with Crippen LogP contribution in [0.1, 0.15) is 38.5 Å². The third-order valence-electron chi connectivity index (χ3n) is 3.37. The second-order valence-electron chi connectivity index (χ2n) is 4.95. The molecule has 2 fully saturated rings. The van der Waals surface area contributed by atoms with Gasteiger partial charge in [0.05, 0.1) is 18.9 Å². The first-order chi connectivity index (χ1) is 8.15. The summed E-state index contributed by atoms with van der Waals surface area (Å²) in [4.78, 5) is 22.4. The standard InChI is InChI=1S/C12H19NO4/c14-11(6-9-2-1-5-17-9)13-10(7-12(15)16)8-3-4-8/h8-10H,1-7H2,(H,13,14)(H,15,16). The molecule has 0 bridgehead atoms. The van der Waals surface area contributed by atoms with Gasteiger partial charge >= 0.3 is 5.97 Å². The number of carboxylic acids is 1. The topological polar surface area (TPSA) is 75.6 Å². The zero-order chi connectivity index (χ0) is 12.3. The fraction of sp³-hybridized carbons (Fsp3) is 0.833. The van der Waals surface area contributed by atoms with E-state index in [2.05, 4.69) is 5.32 Å². The molecule has 5 heteroatoms. The van der Waals surface area contributed by atoms with Gasteiger partial charge in [-0.15, -0.1) is 0 Å². The van der Waals surface area contributed by atoms with Crippen LogP contribution in [0.25, 0.3) is 0 Å². The Morgan fingerprint density at radius 3 is 2.65 bits per heavy atom. The molecule has 1 saturated carbocycles. The van der Waals surface area contributed by atoms with Crippen LogP contribution < -0.4 is 5.32 Å². The van der Waals surface area contributed by atoms with E-state index in [0.29, 0.717) is 12.3 Å². The summed E-state index contributed by atoms with van der Waals surface area (Å²) < 4.78 is 5.39. The molecule has 1 amide bonds. The van der Waals surface area contributed by atoms with Gasteiger partial charge in [-0.2, -0.15) is 0 Å². The molecule has 96 valence electrons. The lowest BCUT2D eigenvalue weighted by Gasteiger charge is -2.17. The first-order valence-corrected chi connectivity index (χ1v) is 6.28. The van der Waals surface area contributed by atoms with Crippen molar-refractivity contribution in [3.63, 3.8) is 0 Å². The highest BCUT2D eigenvalue weighted by atomic mass is 16.5. The molecule has 2 N–H and O–H groups in total. The van der Waals surface area contributed by atoms with Crippen molar-refractivity contribution in [3.8, 4) is 0 Å². The maximum atomic E-state index is 11.7. The summed E-state index contributed by atoms with van der Waals surface area (Å²) in [6.07, 6.45) is 4.42. The molecule has 0 aromatic carbocycles. The van der Waals surface area contributed by atoms with Crippen molar-refractivity contribution in [2.75, 3.05) is 6.61 Å². The molecule has 1 heterocycles. The summed E-state index contributed by atoms with van der Waals surface area (Å²) in [5, 5.41) is 11.6. The van der Waals surface area contributed by atoms with Gasteiger partial charge < -0.3 is 15.2 Å². The van der Waals surface area contributed by atoms with Gasteiger partial charge in [-0.25, -0.2) is 0 Å². The molecule has 1 aliphatic carbocycles. The van der Waals surface area contributed by atoms with Gasteiger partial charge in [0.15, 0.2) is 0 Å². The largest absolute Gasteiger partial charge is 0.481 e. The third-order valence-corrected chi connectivity index (χ3v) is 3.37. The third kappa shape index (κ3) is 4.00. The van der Waals surface area contributed by atoms with Gasteiger partial charge in [-0.05, 0) is 31.6 Å². The number of carboxylic acid groups (broad SMARTS) is 1. The first kappa shape index (κ1) is 12.4. The molecule has 2 unspecified atom stereocenters. The van der Waals surface area contributed by atoms with E-state index in [-0.39, 0.29) is 24.5 Å². The number of carbonyl (C=O) groups excluding carboxylic acids is 1. The highest BCUT2D eigenvalue weighted by Crippen LogP contribution is 2.34. The molecule has 1 saturated heterocycles. The number of hydrogen-bond acceptors (Lipinski definition) is 3. The van der Waals surface area contributed by atoms with Crippen molar-refractivity contribution < 1.29 is 19.4 Å². The summed E-state index contributed by atoms with van der Waals surface area (Å²) in [6, 6.07) is -0.193. The van der Waals surface area contributed by atoms with Crippen molar-refractivity contribution in [2.24, 2.45) is 5.92 Å². The lowest BCUT2D eigenvalue weighted by molar-refractivity contribution is -0.138. The Morgan fingerprint density at radius 1 is 1.35 bits per heavy atom. The monoisotopic (exact) mass is 241 g/mol. The Balaban J connectivity index is 1.76. The fourth-order valence-electron chi connectivity index (χ4n) is 2.30. The molecular weight excluding hydrogens is 222 g/mol. The quantitative estimate of drug-likeness (QED) is 0.725. The number of ether oxygens (including phenoxy) is 1. The van der Waals surface area contributed by atoms with Gasteiger partial charge in [0.2, 0.25) is 5.91 Å². The van der Waals surface area contributed by atoms with Crippen molar-refractivity contribution in [1.29, 1.82) is 0 Å². The summed E-state index contributed by atoms with van der Waals surface area (Å²) in [5.41, 5.74) is 0. The predicted octanol–water partition coefficient (Wildman–Crippen LogP) is 0.925. The molecule has 2 rings (SSSR count). The second-order valence-corrected chi connectivity index (χ2v) is 4.95. The Bertz CT molecular complexity index is 295. The number of amides is 1. The van der Waals surface area contributed by atoms with Gasteiger partial charge in [-0.3, -0.25) is 9.59 Å². The van der Waals surface area contributed by atoms with Crippen LogP contribution in [-0.4, -0.2) is 35.7 Å². The van der Waals surface area contributed by atoms with E-state index in [1.165, 1.54) is 0 Å². The number of aliphatic carboxylic acids is 1. The molecule has 2 atom stereocenters. The van der Waals surface area contributed by atoms with Crippen LogP contribution in [0.15, 0.2) is 0 Å². The van der Waals surface area contributed by atoms with Crippen LogP contribution in [0, 0.1) is 5.92 Å². The summed E-state index contributed by atoms with van der Waals surface area (Å²) in [5.74, 6) is -0.561. The second kappa shape index (κ2) is 5.49. The number of hydrogen-bond donors (Lipinski definition) is 2. The molecule has 2 aliphatic rings. The van der Waals surface area contributed by atoms with E-state index < -0.39 is 5.97 Å². The number of rotatable bonds is 6. The van der Waals surface area contributed by atoms with E-state index in [4.69, 9.17) is 9.84 Å². The summed E-state index contributed by atoms with van der Waals surface area (Å²) in [7, 11) is 0. The molecule has 0 radical (unpaired) electrons. The minimum Gasteiger partial charge on any atom is -0.481 e. The highest BCUT2D eigenvalue weighted by Gasteiger charge is 2.34. The summed E-state index contributed by atoms with van der Waals surface area (Å²) in [6.45, 7) is 0.735. The maximum Gasteiger partial charge on any atom is 0.305 e. The minimum absolute atomic E-state index is 0.0275. The van der Waals surface area contributed by atoms with Crippen molar-refractivity contribution in [3.05, 3.63) is 0 Å². The molecule has 0 spiro atoms. The van der Waals surface area contributed by atoms with Crippen molar-refractivity contribution in [2.45, 2.75) is 50.7 Å². The van der Waals surface area contributed by atoms with E-state index in [1.54, 1.807) is 0 Å². The van der Waals surface area contributed by atoms with Crippen LogP contribution in [0.5, 0.6) is 0 Å². The van der Waals surface area contributed by atoms with Gasteiger partial charge in [0, 0.05) is 12.6 Å². The van der Waals surface area contributed by atoms with E-state index in [0.717, 1.165) is 32.3 Å². The van der Waals surface area contributed by atoms with Crippen LogP contribution in [0.2, 0.25) is 0 Å². The van der Waals surface area contributed by atoms with Crippen LogP contribution in [0.3, 0.4) is 0 Å². The molecule has 0 aromatic heterocycles. The molecule has 5 nitrogen and oxygen atoms in total. The Labute approximate surface area is 101 Å². The average Bonchev–Trinajstić information content (AvgIpc) is 2.97. The van der Waals surface area contributed by atoms with E-state index in [9.17, 15) is 9.59 Å².